The van der Waals surface area contributed by atoms with Crippen molar-refractivity contribution >= 4 is 12.1 Å². The molecule has 2 aliphatic rings. The van der Waals surface area contributed by atoms with Gasteiger partial charge in [0.05, 0.1) is 12.7 Å². The first-order chi connectivity index (χ1) is 11.1. The van der Waals surface area contributed by atoms with Crippen LogP contribution in [-0.4, -0.2) is 53.0 Å². The number of aliphatic hydroxyl groups excluding tert-OH is 1. The Labute approximate surface area is 133 Å². The summed E-state index contributed by atoms with van der Waals surface area (Å²) in [4.78, 5) is 25.2. The van der Waals surface area contributed by atoms with E-state index in [9.17, 15) is 14.7 Å². The first-order valence-electron chi connectivity index (χ1n) is 7.79. The van der Waals surface area contributed by atoms with E-state index in [0.29, 0.717) is 24.9 Å². The molecule has 1 amide bonds. The summed E-state index contributed by atoms with van der Waals surface area (Å²) < 4.78 is 15.0. The number of hydrogen-bond donors (Lipinski definition) is 1. The van der Waals surface area contributed by atoms with Crippen molar-refractivity contribution in [2.45, 2.75) is 32.5 Å². The molecule has 23 heavy (non-hydrogen) atoms. The van der Waals surface area contributed by atoms with Gasteiger partial charge in [-0.3, -0.25) is 0 Å². The molecule has 8 nitrogen and oxygen atoms in total. The summed E-state index contributed by atoms with van der Waals surface area (Å²) in [7, 11) is 0. The molecule has 0 radical (unpaired) electrons. The van der Waals surface area contributed by atoms with Crippen molar-refractivity contribution in [1.29, 1.82) is 0 Å². The Kier molecular flexibility index (Phi) is 4.51. The van der Waals surface area contributed by atoms with E-state index in [2.05, 4.69) is 5.16 Å². The molecule has 3 atom stereocenters. The fourth-order valence-corrected chi connectivity index (χ4v) is 3.32. The fourth-order valence-electron chi connectivity index (χ4n) is 3.32. The van der Waals surface area contributed by atoms with Gasteiger partial charge in [-0.2, -0.15) is 0 Å². The van der Waals surface area contributed by atoms with Crippen LogP contribution in [0.15, 0.2) is 10.6 Å². The lowest BCUT2D eigenvalue weighted by Crippen LogP contribution is -2.30. The summed E-state index contributed by atoms with van der Waals surface area (Å²) in [5.41, 5.74) is 0.0580. The van der Waals surface area contributed by atoms with Crippen LogP contribution >= 0.6 is 0 Å². The maximum Gasteiger partial charge on any atom is 0.410 e. The Balaban J connectivity index is 1.47. The Morgan fingerprint density at radius 1 is 1.35 bits per heavy atom. The smallest absolute Gasteiger partial charge is 0.410 e. The Morgan fingerprint density at radius 2 is 2.04 bits per heavy atom. The summed E-state index contributed by atoms with van der Waals surface area (Å²) in [6.45, 7) is 3.10. The Bertz CT molecular complexity index is 572. The normalized spacial score (nSPS) is 26.2. The van der Waals surface area contributed by atoms with E-state index < -0.39 is 12.1 Å². The number of esters is 1. The molecule has 8 heteroatoms. The number of rotatable bonds is 4. The molecular weight excluding hydrogens is 304 g/mol. The summed E-state index contributed by atoms with van der Waals surface area (Å²) in [5, 5.41) is 13.2. The lowest BCUT2D eigenvalue weighted by molar-refractivity contribution is 0.0513. The molecule has 1 aromatic heterocycles. The molecule has 0 aromatic carbocycles. The van der Waals surface area contributed by atoms with Crippen LogP contribution in [0.2, 0.25) is 0 Å². The van der Waals surface area contributed by atoms with Crippen LogP contribution in [0.5, 0.6) is 0 Å². The van der Waals surface area contributed by atoms with E-state index in [0.717, 1.165) is 12.8 Å². The zero-order chi connectivity index (χ0) is 16.4. The highest BCUT2D eigenvalue weighted by atomic mass is 16.6. The maximum absolute atomic E-state index is 12.1. The third-order valence-electron chi connectivity index (χ3n) is 4.37. The third-order valence-corrected chi connectivity index (χ3v) is 4.37. The average Bonchev–Trinajstić information content (AvgIpc) is 3.19. The molecule has 3 rings (SSSR count). The third kappa shape index (κ3) is 3.47. The van der Waals surface area contributed by atoms with Crippen LogP contribution in [-0.2, 0) is 16.1 Å². The van der Waals surface area contributed by atoms with Crippen LogP contribution in [0.25, 0.3) is 0 Å². The van der Waals surface area contributed by atoms with Crippen molar-refractivity contribution in [3.63, 3.8) is 0 Å². The molecule has 0 unspecified atom stereocenters. The van der Waals surface area contributed by atoms with Gasteiger partial charge < -0.3 is 24.0 Å². The lowest BCUT2D eigenvalue weighted by atomic mass is 10.0. The number of nitrogens with zero attached hydrogens (tertiary/aromatic N) is 2. The zero-order valence-corrected chi connectivity index (χ0v) is 12.9. The van der Waals surface area contributed by atoms with Gasteiger partial charge in [-0.25, -0.2) is 9.59 Å². The van der Waals surface area contributed by atoms with Crippen molar-refractivity contribution in [3.8, 4) is 0 Å². The fraction of sp³-hybridized carbons (Fsp3) is 0.667. The van der Waals surface area contributed by atoms with Gasteiger partial charge in [0.15, 0.2) is 18.1 Å². The monoisotopic (exact) mass is 324 g/mol. The number of aliphatic hydroxyl groups is 1. The molecule has 2 heterocycles. The SMILES string of the molecule is CCOC(=O)c1cc(COC(=O)N2C[C@H]3C[C@@H](O)C[C@H]3C2)on1. The lowest BCUT2D eigenvalue weighted by Gasteiger charge is -2.17. The van der Waals surface area contributed by atoms with Crippen LogP contribution in [0.4, 0.5) is 4.79 Å². The molecule has 0 bridgehead atoms. The van der Waals surface area contributed by atoms with Crippen LogP contribution in [0.1, 0.15) is 36.0 Å². The first-order valence-corrected chi connectivity index (χ1v) is 7.79. The number of ether oxygens (including phenoxy) is 2. The predicted octanol–water partition coefficient (Wildman–Crippen LogP) is 1.19. The van der Waals surface area contributed by atoms with Gasteiger partial charge in [0, 0.05) is 19.2 Å². The number of amides is 1. The Morgan fingerprint density at radius 3 is 2.70 bits per heavy atom. The number of likely N-dealkylation sites (tertiary alicyclic amines) is 1. The number of fused-ring (bicyclic) bond motifs is 1. The van der Waals surface area contributed by atoms with E-state index in [1.165, 1.54) is 6.07 Å². The summed E-state index contributed by atoms with van der Waals surface area (Å²) in [5.74, 6) is 0.437. The molecule has 1 aliphatic heterocycles. The van der Waals surface area contributed by atoms with Crippen molar-refractivity contribution in [3.05, 3.63) is 17.5 Å². The van der Waals surface area contributed by atoms with Gasteiger partial charge in [0.1, 0.15) is 0 Å². The second-order valence-electron chi connectivity index (χ2n) is 6.00. The number of carbonyl (C=O) groups excluding carboxylic acids is 2. The van der Waals surface area contributed by atoms with Gasteiger partial charge in [0.2, 0.25) is 0 Å². The van der Waals surface area contributed by atoms with E-state index in [1.54, 1.807) is 11.8 Å². The van der Waals surface area contributed by atoms with E-state index >= 15 is 0 Å². The summed E-state index contributed by atoms with van der Waals surface area (Å²) in [6.07, 6.45) is 0.848. The molecule has 1 saturated carbocycles. The average molecular weight is 324 g/mol. The molecule has 1 saturated heterocycles. The van der Waals surface area contributed by atoms with Crippen molar-refractivity contribution < 1.29 is 28.7 Å². The molecule has 126 valence electrons. The van der Waals surface area contributed by atoms with Gasteiger partial charge in [-0.15, -0.1) is 0 Å². The number of carbonyl (C=O) groups is 2. The van der Waals surface area contributed by atoms with Gasteiger partial charge in [-0.05, 0) is 31.6 Å². The second kappa shape index (κ2) is 6.57. The highest BCUT2D eigenvalue weighted by molar-refractivity contribution is 5.87. The van der Waals surface area contributed by atoms with Crippen molar-refractivity contribution in [1.82, 2.24) is 10.1 Å². The number of aromatic nitrogens is 1. The van der Waals surface area contributed by atoms with E-state index in [1.807, 2.05) is 0 Å². The Hall–Kier alpha value is -2.09. The quantitative estimate of drug-likeness (QED) is 0.830. The van der Waals surface area contributed by atoms with Crippen LogP contribution < -0.4 is 0 Å². The minimum absolute atomic E-state index is 0.0580. The zero-order valence-electron chi connectivity index (χ0n) is 12.9. The molecule has 1 aromatic rings. The number of hydrogen-bond acceptors (Lipinski definition) is 7. The van der Waals surface area contributed by atoms with Gasteiger partial charge >= 0.3 is 12.1 Å². The molecule has 1 aliphatic carbocycles. The second-order valence-corrected chi connectivity index (χ2v) is 6.00. The van der Waals surface area contributed by atoms with Crippen molar-refractivity contribution in [2.24, 2.45) is 11.8 Å². The highest BCUT2D eigenvalue weighted by Gasteiger charge is 2.42. The largest absolute Gasteiger partial charge is 0.461 e. The topological polar surface area (TPSA) is 102 Å². The van der Waals surface area contributed by atoms with Crippen LogP contribution in [0, 0.1) is 11.8 Å². The van der Waals surface area contributed by atoms with E-state index in [4.69, 9.17) is 14.0 Å². The molecular formula is C15H20N2O6. The summed E-state index contributed by atoms with van der Waals surface area (Å²) in [6, 6.07) is 1.40. The first kappa shape index (κ1) is 15.8. The van der Waals surface area contributed by atoms with Gasteiger partial charge in [0.25, 0.3) is 0 Å². The maximum atomic E-state index is 12.1. The van der Waals surface area contributed by atoms with Gasteiger partial charge in [-0.1, -0.05) is 5.16 Å². The minimum Gasteiger partial charge on any atom is -0.461 e. The van der Waals surface area contributed by atoms with Crippen molar-refractivity contribution in [2.75, 3.05) is 19.7 Å². The molecule has 1 N–H and O–H groups in total. The highest BCUT2D eigenvalue weighted by Crippen LogP contribution is 2.38. The minimum atomic E-state index is -0.570. The molecule has 0 spiro atoms. The van der Waals surface area contributed by atoms with Crippen LogP contribution in [0.3, 0.4) is 0 Å². The predicted molar refractivity (Wildman–Crippen MR) is 76.4 cm³/mol. The molecule has 2 fully saturated rings. The summed E-state index contributed by atoms with van der Waals surface area (Å²) >= 11 is 0. The van der Waals surface area contributed by atoms with E-state index in [-0.39, 0.29) is 30.8 Å². The standard InChI is InChI=1S/C15H20N2O6/c1-2-21-14(19)13-5-12(23-16-13)8-22-15(20)17-6-9-3-11(18)4-10(9)7-17/h5,9-11,18H,2-4,6-8H2,1H3/t9-,10+,11-.